The molecule has 2 N–H and O–H groups in total. The predicted octanol–water partition coefficient (Wildman–Crippen LogP) is 2.65. The van der Waals surface area contributed by atoms with Gasteiger partial charge in [-0.05, 0) is 43.0 Å². The molecule has 0 bridgehead atoms. The van der Waals surface area contributed by atoms with Crippen molar-refractivity contribution in [3.63, 3.8) is 0 Å². The van der Waals surface area contributed by atoms with Crippen molar-refractivity contribution in [2.75, 3.05) is 19.8 Å². The molecular formula is C15H25NO4S. The Morgan fingerprint density at radius 1 is 1.24 bits per heavy atom. The van der Waals surface area contributed by atoms with Gasteiger partial charge in [0.25, 0.3) is 0 Å². The Kier molecular flexibility index (Phi) is 7.14. The number of benzene rings is 1. The molecule has 0 aliphatic heterocycles. The van der Waals surface area contributed by atoms with Crippen molar-refractivity contribution >= 4 is 10.0 Å². The van der Waals surface area contributed by atoms with Crippen molar-refractivity contribution in [2.45, 2.75) is 44.4 Å². The van der Waals surface area contributed by atoms with Crippen LogP contribution in [0.5, 0.6) is 5.75 Å². The minimum absolute atomic E-state index is 0.125. The van der Waals surface area contributed by atoms with Gasteiger partial charge >= 0.3 is 0 Å². The highest BCUT2D eigenvalue weighted by Gasteiger charge is 2.15. The number of rotatable bonds is 9. The van der Waals surface area contributed by atoms with Crippen LogP contribution in [0.2, 0.25) is 0 Å². The van der Waals surface area contributed by atoms with E-state index in [0.717, 1.165) is 18.4 Å². The smallest absolute Gasteiger partial charge is 0.238 e. The Morgan fingerprint density at radius 2 is 1.95 bits per heavy atom. The van der Waals surface area contributed by atoms with E-state index in [0.29, 0.717) is 25.6 Å². The van der Waals surface area contributed by atoms with Crippen LogP contribution >= 0.6 is 0 Å². The molecule has 5 nitrogen and oxygen atoms in total. The van der Waals surface area contributed by atoms with E-state index >= 15 is 0 Å². The van der Waals surface area contributed by atoms with Gasteiger partial charge in [0.2, 0.25) is 10.0 Å². The second-order valence-electron chi connectivity index (χ2n) is 4.95. The number of primary sulfonamides is 1. The lowest BCUT2D eigenvalue weighted by atomic mass is 9.98. The van der Waals surface area contributed by atoms with Gasteiger partial charge in [-0.15, -0.1) is 0 Å². The fraction of sp³-hybridized carbons (Fsp3) is 0.600. The highest BCUT2D eigenvalue weighted by molar-refractivity contribution is 7.89. The molecule has 1 aromatic carbocycles. The van der Waals surface area contributed by atoms with Crippen molar-refractivity contribution in [3.05, 3.63) is 23.8 Å². The molecule has 6 heteroatoms. The molecule has 120 valence electrons. The summed E-state index contributed by atoms with van der Waals surface area (Å²) in [5.41, 5.74) is 0.875. The Labute approximate surface area is 127 Å². The van der Waals surface area contributed by atoms with Crippen LogP contribution in [-0.2, 0) is 14.8 Å². The highest BCUT2D eigenvalue weighted by atomic mass is 32.2. The third-order valence-electron chi connectivity index (χ3n) is 3.35. The minimum atomic E-state index is -3.69. The first-order valence-electron chi connectivity index (χ1n) is 7.27. The van der Waals surface area contributed by atoms with Crippen LogP contribution in [0.4, 0.5) is 0 Å². The molecule has 1 aromatic rings. The van der Waals surface area contributed by atoms with Gasteiger partial charge in [0.1, 0.15) is 5.75 Å². The summed E-state index contributed by atoms with van der Waals surface area (Å²) in [5, 5.41) is 5.19. The van der Waals surface area contributed by atoms with Gasteiger partial charge in [0.15, 0.2) is 0 Å². The summed E-state index contributed by atoms with van der Waals surface area (Å²) in [5.74, 6) is 0.918. The molecule has 0 heterocycles. The molecule has 21 heavy (non-hydrogen) atoms. The summed E-state index contributed by atoms with van der Waals surface area (Å²) in [7, 11) is -3.69. The SMILES string of the molecule is CCOCCCOc1ccc(S(N)(=O)=O)cc1C(C)CC. The van der Waals surface area contributed by atoms with Gasteiger partial charge in [0.05, 0.1) is 11.5 Å². The Morgan fingerprint density at radius 3 is 2.52 bits per heavy atom. The van der Waals surface area contributed by atoms with Crippen LogP contribution in [0.15, 0.2) is 23.1 Å². The lowest BCUT2D eigenvalue weighted by molar-refractivity contribution is 0.130. The average Bonchev–Trinajstić information content (AvgIpc) is 2.45. The molecule has 0 saturated heterocycles. The zero-order valence-corrected chi connectivity index (χ0v) is 13.8. The molecular weight excluding hydrogens is 290 g/mol. The van der Waals surface area contributed by atoms with E-state index < -0.39 is 10.0 Å². The number of nitrogens with two attached hydrogens (primary N) is 1. The van der Waals surface area contributed by atoms with E-state index in [1.165, 1.54) is 6.07 Å². The molecule has 1 atom stereocenters. The van der Waals surface area contributed by atoms with Crippen LogP contribution < -0.4 is 9.88 Å². The monoisotopic (exact) mass is 315 g/mol. The third kappa shape index (κ3) is 5.65. The summed E-state index contributed by atoms with van der Waals surface area (Å²) < 4.78 is 33.9. The first kappa shape index (κ1) is 17.9. The van der Waals surface area contributed by atoms with Crippen LogP contribution in [0, 0.1) is 0 Å². The maximum Gasteiger partial charge on any atom is 0.238 e. The van der Waals surface area contributed by atoms with E-state index in [4.69, 9.17) is 14.6 Å². The second kappa shape index (κ2) is 8.36. The summed E-state index contributed by atoms with van der Waals surface area (Å²) in [6.45, 7) is 7.93. The molecule has 0 amide bonds. The molecule has 0 aliphatic carbocycles. The highest BCUT2D eigenvalue weighted by Crippen LogP contribution is 2.31. The fourth-order valence-electron chi connectivity index (χ4n) is 1.93. The lowest BCUT2D eigenvalue weighted by Crippen LogP contribution is -2.13. The topological polar surface area (TPSA) is 78.6 Å². The molecule has 1 unspecified atom stereocenters. The van der Waals surface area contributed by atoms with Crippen molar-refractivity contribution in [1.82, 2.24) is 0 Å². The van der Waals surface area contributed by atoms with Crippen LogP contribution in [0.3, 0.4) is 0 Å². The third-order valence-corrected chi connectivity index (χ3v) is 4.26. The number of hydrogen-bond acceptors (Lipinski definition) is 4. The van der Waals surface area contributed by atoms with Gasteiger partial charge in [-0.2, -0.15) is 0 Å². The molecule has 0 aliphatic rings. The molecule has 0 saturated carbocycles. The summed E-state index contributed by atoms with van der Waals surface area (Å²) in [6, 6.07) is 4.78. The van der Waals surface area contributed by atoms with Crippen LogP contribution in [0.1, 0.15) is 45.1 Å². The van der Waals surface area contributed by atoms with Crippen molar-refractivity contribution in [2.24, 2.45) is 5.14 Å². The predicted molar refractivity (Wildman–Crippen MR) is 83.1 cm³/mol. The first-order chi connectivity index (χ1) is 9.90. The molecule has 0 fully saturated rings. The van der Waals surface area contributed by atoms with E-state index in [1.54, 1.807) is 12.1 Å². The van der Waals surface area contributed by atoms with E-state index in [1.807, 2.05) is 20.8 Å². The lowest BCUT2D eigenvalue weighted by Gasteiger charge is -2.17. The maximum atomic E-state index is 11.5. The summed E-state index contributed by atoms with van der Waals surface area (Å²) in [4.78, 5) is 0.125. The average molecular weight is 315 g/mol. The normalized spacial score (nSPS) is 13.1. The minimum Gasteiger partial charge on any atom is -0.493 e. The standard InChI is InChI=1S/C15H25NO4S/c1-4-12(3)14-11-13(21(16,17)18)7-8-15(14)20-10-6-9-19-5-2/h7-8,11-12H,4-6,9-10H2,1-3H3,(H2,16,17,18). The quantitative estimate of drug-likeness (QED) is 0.711. The van der Waals surface area contributed by atoms with Gasteiger partial charge in [-0.25, -0.2) is 13.6 Å². The van der Waals surface area contributed by atoms with Crippen molar-refractivity contribution < 1.29 is 17.9 Å². The second-order valence-corrected chi connectivity index (χ2v) is 6.51. The largest absolute Gasteiger partial charge is 0.493 e. The maximum absolute atomic E-state index is 11.5. The number of sulfonamides is 1. The van der Waals surface area contributed by atoms with Crippen molar-refractivity contribution in [3.8, 4) is 5.75 Å². The van der Waals surface area contributed by atoms with E-state index in [2.05, 4.69) is 0 Å². The van der Waals surface area contributed by atoms with Gasteiger partial charge < -0.3 is 9.47 Å². The Hall–Kier alpha value is -1.11. The fourth-order valence-corrected chi connectivity index (χ4v) is 2.48. The summed E-state index contributed by atoms with van der Waals surface area (Å²) in [6.07, 6.45) is 1.69. The Bertz CT molecular complexity index is 543. The van der Waals surface area contributed by atoms with Gasteiger partial charge in [-0.3, -0.25) is 0 Å². The zero-order chi connectivity index (χ0) is 15.9. The first-order valence-corrected chi connectivity index (χ1v) is 8.82. The Balaban J connectivity index is 2.87. The zero-order valence-electron chi connectivity index (χ0n) is 13.0. The van der Waals surface area contributed by atoms with Crippen LogP contribution in [0.25, 0.3) is 0 Å². The molecule has 1 rings (SSSR count). The molecule has 0 spiro atoms. The molecule has 0 aromatic heterocycles. The van der Waals surface area contributed by atoms with E-state index in [-0.39, 0.29) is 10.8 Å². The summed E-state index contributed by atoms with van der Waals surface area (Å²) >= 11 is 0. The van der Waals surface area contributed by atoms with E-state index in [9.17, 15) is 8.42 Å². The van der Waals surface area contributed by atoms with Gasteiger partial charge in [-0.1, -0.05) is 13.8 Å². The molecule has 0 radical (unpaired) electrons. The van der Waals surface area contributed by atoms with Crippen LogP contribution in [-0.4, -0.2) is 28.2 Å². The van der Waals surface area contributed by atoms with Crippen molar-refractivity contribution in [1.29, 1.82) is 0 Å². The number of hydrogen-bond donors (Lipinski definition) is 1. The van der Waals surface area contributed by atoms with Gasteiger partial charge in [0, 0.05) is 19.6 Å². The number of ether oxygens (including phenoxy) is 2.